The van der Waals surface area contributed by atoms with E-state index in [1.54, 1.807) is 0 Å². The summed E-state index contributed by atoms with van der Waals surface area (Å²) in [5.74, 6) is 0.904. The predicted molar refractivity (Wildman–Crippen MR) is 107 cm³/mol. The molecule has 0 aromatic carbocycles. The van der Waals surface area contributed by atoms with Crippen LogP contribution in [-0.4, -0.2) is 80.2 Å². The van der Waals surface area contributed by atoms with Crippen LogP contribution in [0.15, 0.2) is 4.99 Å². The van der Waals surface area contributed by atoms with Crippen LogP contribution in [0.1, 0.15) is 27.2 Å². The van der Waals surface area contributed by atoms with Gasteiger partial charge in [0.15, 0.2) is 5.96 Å². The predicted octanol–water partition coefficient (Wildman–Crippen LogP) is 1.83. The molecule has 0 saturated carbocycles. The summed E-state index contributed by atoms with van der Waals surface area (Å²) in [5.41, 5.74) is 0. The summed E-state index contributed by atoms with van der Waals surface area (Å²) in [4.78, 5) is 5.68. The van der Waals surface area contributed by atoms with Gasteiger partial charge in [0.25, 0.3) is 0 Å². The minimum atomic E-state index is -4.17. The molecule has 10 heteroatoms. The van der Waals surface area contributed by atoms with Gasteiger partial charge < -0.3 is 20.5 Å². The molecular weight excluding hydrogens is 464 g/mol. The van der Waals surface area contributed by atoms with E-state index in [1.165, 1.54) is 4.90 Å². The molecule has 1 rings (SSSR count). The van der Waals surface area contributed by atoms with Crippen LogP contribution in [0.4, 0.5) is 13.2 Å². The van der Waals surface area contributed by atoms with E-state index in [0.29, 0.717) is 44.5 Å². The van der Waals surface area contributed by atoms with Crippen molar-refractivity contribution in [3.8, 4) is 0 Å². The fraction of sp³-hybridized carbons (Fsp3) is 0.938. The quantitative estimate of drug-likeness (QED) is 0.258. The molecule has 0 bridgehead atoms. The number of guanidine groups is 1. The smallest absolute Gasteiger partial charge is 0.389 e. The molecule has 1 heterocycles. The number of alkyl halides is 3. The fourth-order valence-electron chi connectivity index (χ4n) is 2.55. The highest BCUT2D eigenvalue weighted by Crippen LogP contribution is 2.19. The van der Waals surface area contributed by atoms with Crippen molar-refractivity contribution in [2.45, 2.75) is 45.5 Å². The van der Waals surface area contributed by atoms with Crippen LogP contribution in [0.25, 0.3) is 0 Å². The van der Waals surface area contributed by atoms with E-state index in [2.05, 4.69) is 15.6 Å². The molecule has 156 valence electrons. The van der Waals surface area contributed by atoms with E-state index in [9.17, 15) is 18.3 Å². The maximum Gasteiger partial charge on any atom is 0.401 e. The molecule has 2 unspecified atom stereocenters. The minimum absolute atomic E-state index is 0. The highest BCUT2D eigenvalue weighted by atomic mass is 127. The lowest BCUT2D eigenvalue weighted by atomic mass is 10.2. The molecule has 1 fully saturated rings. The maximum absolute atomic E-state index is 12.4. The molecule has 0 radical (unpaired) electrons. The molecule has 0 aliphatic carbocycles. The van der Waals surface area contributed by atoms with E-state index < -0.39 is 18.8 Å². The first-order valence-electron chi connectivity index (χ1n) is 8.79. The molecule has 1 aliphatic heterocycles. The van der Waals surface area contributed by atoms with E-state index in [4.69, 9.17) is 4.74 Å². The lowest BCUT2D eigenvalue weighted by Crippen LogP contribution is -2.45. The molecule has 2 atom stereocenters. The number of hydrogen-bond acceptors (Lipinski definition) is 4. The topological polar surface area (TPSA) is 69.1 Å². The lowest BCUT2D eigenvalue weighted by molar-refractivity contribution is -0.143. The summed E-state index contributed by atoms with van der Waals surface area (Å²) in [5, 5.41) is 16.1. The van der Waals surface area contributed by atoms with Gasteiger partial charge in [-0.25, -0.2) is 0 Å². The van der Waals surface area contributed by atoms with E-state index in [-0.39, 0.29) is 43.2 Å². The Bertz CT molecular complexity index is 411. The van der Waals surface area contributed by atoms with Gasteiger partial charge in [0.1, 0.15) is 0 Å². The Hall–Kier alpha value is -0.330. The summed E-state index contributed by atoms with van der Waals surface area (Å²) < 4.78 is 42.7. The van der Waals surface area contributed by atoms with Gasteiger partial charge in [-0.3, -0.25) is 9.89 Å². The highest BCUT2D eigenvalue weighted by Gasteiger charge is 2.34. The second-order valence-corrected chi connectivity index (χ2v) is 6.78. The zero-order valence-electron chi connectivity index (χ0n) is 15.7. The molecule has 6 nitrogen and oxygen atoms in total. The number of halogens is 4. The zero-order chi connectivity index (χ0) is 18.9. The summed E-state index contributed by atoms with van der Waals surface area (Å²) >= 11 is 0. The molecule has 3 N–H and O–H groups in total. The summed E-state index contributed by atoms with van der Waals surface area (Å²) in [6.07, 6.45) is -4.26. The molecule has 0 aromatic heterocycles. The summed E-state index contributed by atoms with van der Waals surface area (Å²) in [6, 6.07) is -0.0884. The third kappa shape index (κ3) is 12.1. The third-order valence-corrected chi connectivity index (χ3v) is 3.58. The first-order chi connectivity index (χ1) is 11.7. The number of likely N-dealkylation sites (tertiary alicyclic amines) is 1. The minimum Gasteiger partial charge on any atom is -0.389 e. The van der Waals surface area contributed by atoms with Gasteiger partial charge in [0.2, 0.25) is 0 Å². The second kappa shape index (κ2) is 12.9. The van der Waals surface area contributed by atoms with Crippen LogP contribution in [0, 0.1) is 5.92 Å². The highest BCUT2D eigenvalue weighted by molar-refractivity contribution is 14.0. The Kier molecular flexibility index (Phi) is 12.8. The first-order valence-corrected chi connectivity index (χ1v) is 8.79. The van der Waals surface area contributed by atoms with Crippen molar-refractivity contribution >= 4 is 29.9 Å². The zero-order valence-corrected chi connectivity index (χ0v) is 18.0. The largest absolute Gasteiger partial charge is 0.401 e. The Morgan fingerprint density at radius 2 is 2.04 bits per heavy atom. The normalized spacial score (nSPS) is 20.2. The van der Waals surface area contributed by atoms with Crippen LogP contribution in [0.3, 0.4) is 0 Å². The number of aliphatic hydroxyl groups is 1. The number of nitrogens with one attached hydrogen (secondary N) is 2. The van der Waals surface area contributed by atoms with Gasteiger partial charge in [0, 0.05) is 32.3 Å². The standard InChI is InChI=1S/C16H31F3N4O2.HI/c1-4-20-15(21-7-14(24)10-25-9-12(2)3)22-13-5-6-23(8-13)11-16(17,18)19;/h12-14,24H,4-11H2,1-3H3,(H2,20,21,22);1H. The molecule has 0 amide bonds. The van der Waals surface area contributed by atoms with Crippen LogP contribution in [0.5, 0.6) is 0 Å². The van der Waals surface area contributed by atoms with E-state index in [1.807, 2.05) is 20.8 Å². The van der Waals surface area contributed by atoms with E-state index in [0.717, 1.165) is 0 Å². The molecule has 1 saturated heterocycles. The Balaban J connectivity index is 0.00000625. The number of ether oxygens (including phenoxy) is 1. The van der Waals surface area contributed by atoms with Crippen molar-refractivity contribution in [3.63, 3.8) is 0 Å². The third-order valence-electron chi connectivity index (χ3n) is 3.58. The Labute approximate surface area is 171 Å². The average Bonchev–Trinajstić information content (AvgIpc) is 2.89. The van der Waals surface area contributed by atoms with Crippen molar-refractivity contribution < 1.29 is 23.0 Å². The lowest BCUT2D eigenvalue weighted by Gasteiger charge is -2.20. The second-order valence-electron chi connectivity index (χ2n) is 6.78. The van der Waals surface area contributed by atoms with Crippen molar-refractivity contribution in [2.75, 3.05) is 45.9 Å². The molecule has 0 spiro atoms. The van der Waals surface area contributed by atoms with Crippen LogP contribution in [-0.2, 0) is 4.74 Å². The number of rotatable bonds is 9. The van der Waals surface area contributed by atoms with Crippen molar-refractivity contribution in [2.24, 2.45) is 10.9 Å². The summed E-state index contributed by atoms with van der Waals surface area (Å²) in [6.45, 7) is 7.40. The number of aliphatic hydroxyl groups excluding tert-OH is 1. The van der Waals surface area contributed by atoms with Gasteiger partial charge >= 0.3 is 6.18 Å². The molecule has 0 aromatic rings. The Morgan fingerprint density at radius 1 is 1.35 bits per heavy atom. The number of nitrogens with zero attached hydrogens (tertiary/aromatic N) is 2. The van der Waals surface area contributed by atoms with Crippen molar-refractivity contribution in [1.82, 2.24) is 15.5 Å². The SMILES string of the molecule is CCNC(=NCC(O)COCC(C)C)NC1CCN(CC(F)(F)F)C1.I. The average molecular weight is 496 g/mol. The van der Waals surface area contributed by atoms with Crippen molar-refractivity contribution in [1.29, 1.82) is 0 Å². The molecule has 1 aliphatic rings. The fourth-order valence-corrected chi connectivity index (χ4v) is 2.55. The van der Waals surface area contributed by atoms with Gasteiger partial charge in [-0.2, -0.15) is 13.2 Å². The van der Waals surface area contributed by atoms with E-state index >= 15 is 0 Å². The van der Waals surface area contributed by atoms with Gasteiger partial charge in [0.05, 0.1) is 25.8 Å². The van der Waals surface area contributed by atoms with Gasteiger partial charge in [-0.15, -0.1) is 24.0 Å². The molecular formula is C16H32F3IN4O2. The number of aliphatic imine (C=N–C) groups is 1. The van der Waals surface area contributed by atoms with Crippen molar-refractivity contribution in [3.05, 3.63) is 0 Å². The first kappa shape index (κ1) is 25.7. The Morgan fingerprint density at radius 3 is 2.62 bits per heavy atom. The maximum atomic E-state index is 12.4. The van der Waals surface area contributed by atoms with Crippen LogP contribution in [0.2, 0.25) is 0 Å². The summed E-state index contributed by atoms with van der Waals surface area (Å²) in [7, 11) is 0. The monoisotopic (exact) mass is 496 g/mol. The van der Waals surface area contributed by atoms with Crippen LogP contribution < -0.4 is 10.6 Å². The van der Waals surface area contributed by atoms with Gasteiger partial charge in [-0.1, -0.05) is 13.8 Å². The van der Waals surface area contributed by atoms with Crippen LogP contribution >= 0.6 is 24.0 Å². The number of hydrogen-bond donors (Lipinski definition) is 3. The molecule has 26 heavy (non-hydrogen) atoms. The van der Waals surface area contributed by atoms with Gasteiger partial charge in [-0.05, 0) is 19.3 Å².